The van der Waals surface area contributed by atoms with E-state index in [0.717, 1.165) is 43.0 Å². The van der Waals surface area contributed by atoms with Gasteiger partial charge < -0.3 is 9.88 Å². The fourth-order valence-corrected chi connectivity index (χ4v) is 2.52. The molecule has 110 valence electrons. The molecule has 0 saturated heterocycles. The molecule has 0 bridgehead atoms. The minimum atomic E-state index is 0.882. The fourth-order valence-electron chi connectivity index (χ4n) is 2.52. The van der Waals surface area contributed by atoms with Crippen LogP contribution in [0.25, 0.3) is 11.0 Å². The smallest absolute Gasteiger partial charge is 0.121 e. The Kier molecular flexibility index (Phi) is 5.56. The van der Waals surface area contributed by atoms with Gasteiger partial charge in [-0.15, -0.1) is 0 Å². The molecule has 1 N–H and O–H groups in total. The van der Waals surface area contributed by atoms with Crippen molar-refractivity contribution in [3.05, 3.63) is 30.1 Å². The molecule has 0 saturated carbocycles. The SMILES string of the molecule is CCN(CC)CCCN(C)Cc1nc2ccccc2[nH]1. The number of aromatic nitrogens is 2. The van der Waals surface area contributed by atoms with Gasteiger partial charge in [-0.3, -0.25) is 4.90 Å². The second-order valence-electron chi connectivity index (χ2n) is 5.32. The molecule has 1 aromatic heterocycles. The fraction of sp³-hybridized carbons (Fsp3) is 0.562. The number of nitrogens with zero attached hydrogens (tertiary/aromatic N) is 3. The van der Waals surface area contributed by atoms with Gasteiger partial charge in [0.25, 0.3) is 0 Å². The van der Waals surface area contributed by atoms with Crippen LogP contribution in [0.4, 0.5) is 0 Å². The highest BCUT2D eigenvalue weighted by atomic mass is 15.1. The molecule has 0 aliphatic rings. The Labute approximate surface area is 121 Å². The number of fused-ring (bicyclic) bond motifs is 1. The van der Waals surface area contributed by atoms with Crippen molar-refractivity contribution >= 4 is 11.0 Å². The van der Waals surface area contributed by atoms with E-state index >= 15 is 0 Å². The maximum atomic E-state index is 4.62. The first-order chi connectivity index (χ1) is 9.72. The van der Waals surface area contributed by atoms with Gasteiger partial charge in [-0.05, 0) is 51.8 Å². The third-order valence-corrected chi connectivity index (χ3v) is 3.77. The highest BCUT2D eigenvalue weighted by molar-refractivity contribution is 5.74. The maximum Gasteiger partial charge on any atom is 0.121 e. The molecule has 0 aliphatic carbocycles. The summed E-state index contributed by atoms with van der Waals surface area (Å²) in [7, 11) is 2.16. The van der Waals surface area contributed by atoms with Crippen molar-refractivity contribution in [1.82, 2.24) is 19.8 Å². The number of benzene rings is 1. The van der Waals surface area contributed by atoms with Gasteiger partial charge in [-0.25, -0.2) is 4.98 Å². The second kappa shape index (κ2) is 7.41. The Morgan fingerprint density at radius 1 is 1.10 bits per heavy atom. The molecule has 0 unspecified atom stereocenters. The first-order valence-electron chi connectivity index (χ1n) is 7.57. The lowest BCUT2D eigenvalue weighted by Gasteiger charge is -2.20. The number of nitrogens with one attached hydrogen (secondary N) is 1. The van der Waals surface area contributed by atoms with Crippen molar-refractivity contribution in [2.45, 2.75) is 26.8 Å². The van der Waals surface area contributed by atoms with Crippen molar-refractivity contribution in [3.8, 4) is 0 Å². The standard InChI is InChI=1S/C16H26N4/c1-4-20(5-2)12-8-11-19(3)13-16-17-14-9-6-7-10-15(14)18-16/h6-7,9-10H,4-5,8,11-13H2,1-3H3,(H,17,18). The van der Waals surface area contributed by atoms with Crippen molar-refractivity contribution in [2.24, 2.45) is 0 Å². The molecular formula is C16H26N4. The zero-order chi connectivity index (χ0) is 14.4. The highest BCUT2D eigenvalue weighted by Crippen LogP contribution is 2.11. The molecule has 4 nitrogen and oxygen atoms in total. The Hall–Kier alpha value is -1.39. The van der Waals surface area contributed by atoms with Crippen LogP contribution in [0.2, 0.25) is 0 Å². The molecular weight excluding hydrogens is 248 g/mol. The van der Waals surface area contributed by atoms with Gasteiger partial charge >= 0.3 is 0 Å². The molecule has 1 heterocycles. The van der Waals surface area contributed by atoms with Crippen LogP contribution in [0.3, 0.4) is 0 Å². The summed E-state index contributed by atoms with van der Waals surface area (Å²) < 4.78 is 0. The van der Waals surface area contributed by atoms with Crippen LogP contribution in [0.15, 0.2) is 24.3 Å². The number of rotatable bonds is 8. The Balaban J connectivity index is 1.80. The predicted molar refractivity (Wildman–Crippen MR) is 84.8 cm³/mol. The van der Waals surface area contributed by atoms with Crippen LogP contribution in [-0.2, 0) is 6.54 Å². The summed E-state index contributed by atoms with van der Waals surface area (Å²) >= 11 is 0. The number of para-hydroxylation sites is 2. The topological polar surface area (TPSA) is 35.2 Å². The predicted octanol–water partition coefficient (Wildman–Crippen LogP) is 2.73. The summed E-state index contributed by atoms with van der Waals surface area (Å²) in [5.41, 5.74) is 2.18. The first kappa shape index (κ1) is 15.0. The van der Waals surface area contributed by atoms with Gasteiger partial charge in [0.1, 0.15) is 5.82 Å². The molecule has 0 amide bonds. The molecule has 0 atom stereocenters. The Bertz CT molecular complexity index is 483. The third-order valence-electron chi connectivity index (χ3n) is 3.77. The van der Waals surface area contributed by atoms with Gasteiger partial charge in [0.2, 0.25) is 0 Å². The van der Waals surface area contributed by atoms with E-state index in [9.17, 15) is 0 Å². The molecule has 0 aliphatic heterocycles. The van der Waals surface area contributed by atoms with Crippen molar-refractivity contribution in [3.63, 3.8) is 0 Å². The van der Waals surface area contributed by atoms with Crippen LogP contribution >= 0.6 is 0 Å². The minimum Gasteiger partial charge on any atom is -0.341 e. The van der Waals surface area contributed by atoms with E-state index in [1.165, 1.54) is 13.0 Å². The lowest BCUT2D eigenvalue weighted by Crippen LogP contribution is -2.28. The lowest BCUT2D eigenvalue weighted by atomic mass is 10.3. The first-order valence-corrected chi connectivity index (χ1v) is 7.57. The Morgan fingerprint density at radius 3 is 2.55 bits per heavy atom. The van der Waals surface area contributed by atoms with E-state index in [1.807, 2.05) is 12.1 Å². The molecule has 2 rings (SSSR count). The summed E-state index contributed by atoms with van der Waals surface area (Å²) in [5.74, 6) is 1.05. The average Bonchev–Trinajstić information content (AvgIpc) is 2.85. The van der Waals surface area contributed by atoms with Gasteiger partial charge in [0.15, 0.2) is 0 Å². The average molecular weight is 274 g/mol. The van der Waals surface area contributed by atoms with E-state index in [4.69, 9.17) is 0 Å². The summed E-state index contributed by atoms with van der Waals surface area (Å²) in [6.45, 7) is 9.90. The number of aromatic amines is 1. The zero-order valence-electron chi connectivity index (χ0n) is 12.9. The molecule has 4 heteroatoms. The van der Waals surface area contributed by atoms with Crippen LogP contribution in [0.1, 0.15) is 26.1 Å². The molecule has 20 heavy (non-hydrogen) atoms. The van der Waals surface area contributed by atoms with Gasteiger partial charge in [-0.2, -0.15) is 0 Å². The number of hydrogen-bond acceptors (Lipinski definition) is 3. The van der Waals surface area contributed by atoms with Crippen LogP contribution in [0, 0.1) is 0 Å². The molecule has 0 fully saturated rings. The normalized spacial score (nSPS) is 11.8. The van der Waals surface area contributed by atoms with Crippen molar-refractivity contribution in [1.29, 1.82) is 0 Å². The monoisotopic (exact) mass is 274 g/mol. The summed E-state index contributed by atoms with van der Waals surface area (Å²) in [6, 6.07) is 8.20. The van der Waals surface area contributed by atoms with Gasteiger partial charge in [-0.1, -0.05) is 26.0 Å². The Morgan fingerprint density at radius 2 is 1.85 bits per heavy atom. The quantitative estimate of drug-likeness (QED) is 0.804. The van der Waals surface area contributed by atoms with Gasteiger partial charge in [0, 0.05) is 0 Å². The van der Waals surface area contributed by atoms with E-state index < -0.39 is 0 Å². The molecule has 2 aromatic rings. The number of hydrogen-bond donors (Lipinski definition) is 1. The van der Waals surface area contributed by atoms with Crippen LogP contribution in [-0.4, -0.2) is 53.0 Å². The zero-order valence-corrected chi connectivity index (χ0v) is 12.9. The summed E-state index contributed by atoms with van der Waals surface area (Å²) in [4.78, 5) is 12.8. The van der Waals surface area contributed by atoms with Crippen molar-refractivity contribution < 1.29 is 0 Å². The van der Waals surface area contributed by atoms with Crippen molar-refractivity contribution in [2.75, 3.05) is 33.2 Å². The van der Waals surface area contributed by atoms with Crippen LogP contribution < -0.4 is 0 Å². The van der Waals surface area contributed by atoms with Gasteiger partial charge in [0.05, 0.1) is 17.6 Å². The highest BCUT2D eigenvalue weighted by Gasteiger charge is 2.06. The van der Waals surface area contributed by atoms with Crippen LogP contribution in [0.5, 0.6) is 0 Å². The lowest BCUT2D eigenvalue weighted by molar-refractivity contribution is 0.257. The summed E-state index contributed by atoms with van der Waals surface area (Å²) in [6.07, 6.45) is 1.21. The van der Waals surface area contributed by atoms with E-state index in [1.54, 1.807) is 0 Å². The number of imidazole rings is 1. The molecule has 0 radical (unpaired) electrons. The van der Waals surface area contributed by atoms with E-state index in [0.29, 0.717) is 0 Å². The maximum absolute atomic E-state index is 4.62. The second-order valence-corrected chi connectivity index (χ2v) is 5.32. The van der Waals surface area contributed by atoms with E-state index in [2.05, 4.69) is 52.8 Å². The summed E-state index contributed by atoms with van der Waals surface area (Å²) in [5, 5.41) is 0. The molecule has 0 spiro atoms. The number of H-pyrrole nitrogens is 1. The molecule has 1 aromatic carbocycles. The third kappa shape index (κ3) is 4.05. The largest absolute Gasteiger partial charge is 0.341 e. The van der Waals surface area contributed by atoms with E-state index in [-0.39, 0.29) is 0 Å². The minimum absolute atomic E-state index is 0.882.